The number of rotatable bonds is 2. The summed E-state index contributed by atoms with van der Waals surface area (Å²) >= 11 is 0. The van der Waals surface area contributed by atoms with Gasteiger partial charge in [0.1, 0.15) is 0 Å². The van der Waals surface area contributed by atoms with Gasteiger partial charge in [0, 0.05) is 6.04 Å². The summed E-state index contributed by atoms with van der Waals surface area (Å²) in [6.45, 7) is 2.24. The molecule has 1 nitrogen and oxygen atoms in total. The lowest BCUT2D eigenvalue weighted by Crippen LogP contribution is -2.29. The normalized spacial score (nSPS) is 26.5. The first-order valence-corrected chi connectivity index (χ1v) is 6.04. The molecule has 0 heterocycles. The molecule has 1 aromatic carbocycles. The number of aryl methyl sites for hydroxylation is 1. The van der Waals surface area contributed by atoms with Crippen LogP contribution >= 0.6 is 0 Å². The van der Waals surface area contributed by atoms with Crippen LogP contribution in [0.25, 0.3) is 0 Å². The second kappa shape index (κ2) is 4.80. The van der Waals surface area contributed by atoms with Gasteiger partial charge in [0.2, 0.25) is 0 Å². The van der Waals surface area contributed by atoms with Crippen molar-refractivity contribution >= 4 is 0 Å². The van der Waals surface area contributed by atoms with E-state index >= 15 is 0 Å². The van der Waals surface area contributed by atoms with E-state index in [2.05, 4.69) is 43.6 Å². The van der Waals surface area contributed by atoms with Crippen LogP contribution in [-0.2, 0) is 0 Å². The van der Waals surface area contributed by atoms with Crippen molar-refractivity contribution in [2.24, 2.45) is 0 Å². The second-order valence-electron chi connectivity index (χ2n) is 4.69. The highest BCUT2D eigenvalue weighted by Gasteiger charge is 2.21. The fourth-order valence-electron chi connectivity index (χ4n) is 2.74. The van der Waals surface area contributed by atoms with E-state index in [0.29, 0.717) is 0 Å². The van der Waals surface area contributed by atoms with Crippen LogP contribution in [0.1, 0.15) is 42.7 Å². The summed E-state index contributed by atoms with van der Waals surface area (Å²) in [5.41, 5.74) is 3.04. The third kappa shape index (κ3) is 2.40. The fourth-order valence-corrected chi connectivity index (χ4v) is 2.74. The molecule has 15 heavy (non-hydrogen) atoms. The van der Waals surface area contributed by atoms with Crippen LogP contribution in [0.15, 0.2) is 24.3 Å². The van der Waals surface area contributed by atoms with E-state index in [1.54, 1.807) is 5.56 Å². The maximum Gasteiger partial charge on any atom is 0.00644 e. The Morgan fingerprint density at radius 2 is 1.73 bits per heavy atom. The molecule has 2 rings (SSSR count). The zero-order valence-electron chi connectivity index (χ0n) is 9.79. The number of benzene rings is 1. The van der Waals surface area contributed by atoms with Gasteiger partial charge in [0.25, 0.3) is 0 Å². The Hall–Kier alpha value is -0.820. The minimum absolute atomic E-state index is 0.755. The third-order valence-corrected chi connectivity index (χ3v) is 3.76. The molecule has 1 fully saturated rings. The van der Waals surface area contributed by atoms with E-state index in [1.807, 2.05) is 0 Å². The third-order valence-electron chi connectivity index (χ3n) is 3.76. The fraction of sp³-hybridized carbons (Fsp3) is 0.571. The van der Waals surface area contributed by atoms with Crippen molar-refractivity contribution in [2.75, 3.05) is 7.05 Å². The topological polar surface area (TPSA) is 12.0 Å². The van der Waals surface area contributed by atoms with Crippen LogP contribution in [0.2, 0.25) is 0 Å². The molecular formula is C14H21N. The van der Waals surface area contributed by atoms with E-state index < -0.39 is 0 Å². The van der Waals surface area contributed by atoms with Crippen molar-refractivity contribution in [3.63, 3.8) is 0 Å². The molecule has 1 N–H and O–H groups in total. The van der Waals surface area contributed by atoms with Crippen LogP contribution in [0.5, 0.6) is 0 Å². The Morgan fingerprint density at radius 1 is 1.07 bits per heavy atom. The molecule has 0 radical (unpaired) electrons. The molecule has 0 atom stereocenters. The maximum absolute atomic E-state index is 3.39. The molecule has 0 unspecified atom stereocenters. The van der Waals surface area contributed by atoms with Crippen molar-refractivity contribution in [3.05, 3.63) is 35.4 Å². The zero-order valence-corrected chi connectivity index (χ0v) is 9.79. The summed E-state index contributed by atoms with van der Waals surface area (Å²) in [4.78, 5) is 0. The van der Waals surface area contributed by atoms with Gasteiger partial charge in [-0.1, -0.05) is 24.3 Å². The molecule has 0 spiro atoms. The van der Waals surface area contributed by atoms with E-state index in [0.717, 1.165) is 12.0 Å². The van der Waals surface area contributed by atoms with Gasteiger partial charge in [0.05, 0.1) is 0 Å². The number of hydrogen-bond donors (Lipinski definition) is 1. The van der Waals surface area contributed by atoms with Crippen LogP contribution in [-0.4, -0.2) is 13.1 Å². The minimum atomic E-state index is 0.755. The van der Waals surface area contributed by atoms with Crippen LogP contribution in [0.4, 0.5) is 0 Å². The largest absolute Gasteiger partial charge is 0.317 e. The first-order valence-electron chi connectivity index (χ1n) is 6.04. The summed E-state index contributed by atoms with van der Waals surface area (Å²) in [5, 5.41) is 3.39. The first kappa shape index (κ1) is 10.7. The molecule has 82 valence electrons. The molecule has 1 aromatic rings. The van der Waals surface area contributed by atoms with Gasteiger partial charge in [-0.2, -0.15) is 0 Å². The van der Waals surface area contributed by atoms with E-state index in [-0.39, 0.29) is 0 Å². The van der Waals surface area contributed by atoms with Crippen LogP contribution in [0.3, 0.4) is 0 Å². The summed E-state index contributed by atoms with van der Waals surface area (Å²) in [5.74, 6) is 0.802. The van der Waals surface area contributed by atoms with Crippen LogP contribution < -0.4 is 5.32 Å². The van der Waals surface area contributed by atoms with Gasteiger partial charge in [0.15, 0.2) is 0 Å². The molecular weight excluding hydrogens is 182 g/mol. The van der Waals surface area contributed by atoms with Gasteiger partial charge in [-0.3, -0.25) is 0 Å². The highest BCUT2D eigenvalue weighted by Crippen LogP contribution is 2.34. The molecule has 1 aliphatic carbocycles. The smallest absolute Gasteiger partial charge is 0.00644 e. The van der Waals surface area contributed by atoms with Crippen molar-refractivity contribution in [2.45, 2.75) is 44.6 Å². The van der Waals surface area contributed by atoms with Gasteiger partial charge in [-0.25, -0.2) is 0 Å². The number of nitrogens with one attached hydrogen (secondary N) is 1. The lowest BCUT2D eigenvalue weighted by molar-refractivity contribution is 0.358. The van der Waals surface area contributed by atoms with Crippen molar-refractivity contribution < 1.29 is 0 Å². The molecule has 0 amide bonds. The maximum atomic E-state index is 3.39. The van der Waals surface area contributed by atoms with Crippen molar-refractivity contribution in [1.29, 1.82) is 0 Å². The molecule has 1 heteroatoms. The summed E-state index contributed by atoms with van der Waals surface area (Å²) in [6, 6.07) is 9.61. The van der Waals surface area contributed by atoms with Gasteiger partial charge in [-0.05, 0) is 56.7 Å². The van der Waals surface area contributed by atoms with E-state index in [4.69, 9.17) is 0 Å². The Bertz CT molecular complexity index is 311. The highest BCUT2D eigenvalue weighted by atomic mass is 14.9. The Labute approximate surface area is 92.9 Å². The summed E-state index contributed by atoms with van der Waals surface area (Å²) < 4.78 is 0. The minimum Gasteiger partial charge on any atom is -0.317 e. The van der Waals surface area contributed by atoms with E-state index in [9.17, 15) is 0 Å². The monoisotopic (exact) mass is 203 g/mol. The first-order chi connectivity index (χ1) is 7.31. The van der Waals surface area contributed by atoms with Gasteiger partial charge in [-0.15, -0.1) is 0 Å². The van der Waals surface area contributed by atoms with Gasteiger partial charge < -0.3 is 5.32 Å². The van der Waals surface area contributed by atoms with E-state index in [1.165, 1.54) is 31.2 Å². The predicted octanol–water partition coefficient (Wildman–Crippen LogP) is 3.24. The molecule has 1 saturated carbocycles. The average Bonchev–Trinajstić information content (AvgIpc) is 2.30. The number of hydrogen-bond acceptors (Lipinski definition) is 1. The Morgan fingerprint density at radius 3 is 2.33 bits per heavy atom. The SMILES string of the molecule is CNC1CCC(c2ccccc2C)CC1. The second-order valence-corrected chi connectivity index (χ2v) is 4.69. The molecule has 0 bridgehead atoms. The summed E-state index contributed by atoms with van der Waals surface area (Å²) in [6.07, 6.45) is 5.34. The molecule has 0 saturated heterocycles. The van der Waals surface area contributed by atoms with Gasteiger partial charge >= 0.3 is 0 Å². The standard InChI is InChI=1S/C14H21N/c1-11-5-3-4-6-14(11)12-7-9-13(15-2)10-8-12/h3-6,12-13,15H,7-10H2,1-2H3. The lowest BCUT2D eigenvalue weighted by Gasteiger charge is -2.29. The quantitative estimate of drug-likeness (QED) is 0.778. The highest BCUT2D eigenvalue weighted by molar-refractivity contribution is 5.29. The van der Waals surface area contributed by atoms with Crippen LogP contribution in [0, 0.1) is 6.92 Å². The van der Waals surface area contributed by atoms with Crippen molar-refractivity contribution in [3.8, 4) is 0 Å². The Balaban J connectivity index is 2.04. The Kier molecular flexibility index (Phi) is 3.42. The average molecular weight is 203 g/mol. The summed E-state index contributed by atoms with van der Waals surface area (Å²) in [7, 11) is 2.08. The lowest BCUT2D eigenvalue weighted by atomic mass is 9.80. The molecule has 0 aliphatic heterocycles. The molecule has 1 aliphatic rings. The zero-order chi connectivity index (χ0) is 10.7. The molecule has 0 aromatic heterocycles. The predicted molar refractivity (Wildman–Crippen MR) is 65.2 cm³/mol. The van der Waals surface area contributed by atoms with Crippen molar-refractivity contribution in [1.82, 2.24) is 5.32 Å².